The van der Waals surface area contributed by atoms with E-state index in [9.17, 15) is 0 Å². The topological polar surface area (TPSA) is 25.2 Å². The molecule has 0 amide bonds. The Morgan fingerprint density at radius 2 is 1.82 bits per heavy atom. The number of nitrogens with zero attached hydrogens (tertiary/aromatic N) is 2. The maximum absolute atomic E-state index is 4.88. The molecule has 1 heterocycles. The van der Waals surface area contributed by atoms with Crippen LogP contribution in [0.2, 0.25) is 0 Å². The Morgan fingerprint density at radius 3 is 2.59 bits per heavy atom. The van der Waals surface area contributed by atoms with Gasteiger partial charge in [-0.1, -0.05) is 43.5 Å². The van der Waals surface area contributed by atoms with Gasteiger partial charge in [-0.2, -0.15) is 0 Å². The van der Waals surface area contributed by atoms with Crippen molar-refractivity contribution in [1.82, 2.24) is 4.98 Å². The minimum absolute atomic E-state index is 0.664. The number of rotatable bonds is 3. The van der Waals surface area contributed by atoms with Gasteiger partial charge in [0.25, 0.3) is 0 Å². The number of pyridine rings is 1. The van der Waals surface area contributed by atoms with Crippen LogP contribution < -0.4 is 0 Å². The van der Waals surface area contributed by atoms with Crippen molar-refractivity contribution in [3.8, 4) is 0 Å². The van der Waals surface area contributed by atoms with Gasteiger partial charge in [0, 0.05) is 0 Å². The van der Waals surface area contributed by atoms with Crippen molar-refractivity contribution >= 4 is 27.3 Å². The number of para-hydroxylation sites is 1. The predicted molar refractivity (Wildman–Crippen MR) is 96.1 cm³/mol. The summed E-state index contributed by atoms with van der Waals surface area (Å²) in [4.78, 5) is 9.38. The molecule has 0 N–H and O–H groups in total. The molecule has 1 fully saturated rings. The standard InChI is InChI=1S/C19H21BrN2/c1-14(17-12-7-13-19(20)22-17)21-18-11-6-5-10-16(18)15-8-3-2-4-9-15/h5-7,10-13,15H,2-4,8-9H2,1H3. The third kappa shape index (κ3) is 3.64. The largest absolute Gasteiger partial charge is 0.251 e. The first-order valence-corrected chi connectivity index (χ1v) is 8.80. The van der Waals surface area contributed by atoms with E-state index in [1.54, 1.807) is 0 Å². The molecule has 114 valence electrons. The number of benzene rings is 1. The molecule has 3 rings (SSSR count). The number of halogens is 1. The lowest BCUT2D eigenvalue weighted by Gasteiger charge is -2.23. The highest BCUT2D eigenvalue weighted by Crippen LogP contribution is 2.37. The highest BCUT2D eigenvalue weighted by atomic mass is 79.9. The van der Waals surface area contributed by atoms with Crippen LogP contribution in [0.4, 0.5) is 5.69 Å². The Bertz CT molecular complexity index is 673. The van der Waals surface area contributed by atoms with Gasteiger partial charge >= 0.3 is 0 Å². The van der Waals surface area contributed by atoms with Crippen molar-refractivity contribution in [2.24, 2.45) is 4.99 Å². The van der Waals surface area contributed by atoms with Crippen LogP contribution in [0.1, 0.15) is 56.2 Å². The molecule has 2 nitrogen and oxygen atoms in total. The van der Waals surface area contributed by atoms with E-state index in [1.165, 1.54) is 37.7 Å². The summed E-state index contributed by atoms with van der Waals surface area (Å²) in [5, 5.41) is 0. The van der Waals surface area contributed by atoms with Crippen molar-refractivity contribution in [1.29, 1.82) is 0 Å². The van der Waals surface area contributed by atoms with E-state index in [4.69, 9.17) is 4.99 Å². The summed E-state index contributed by atoms with van der Waals surface area (Å²) in [6.07, 6.45) is 6.65. The summed E-state index contributed by atoms with van der Waals surface area (Å²) in [5.41, 5.74) is 4.39. The second kappa shape index (κ2) is 7.19. The van der Waals surface area contributed by atoms with E-state index >= 15 is 0 Å². The fraction of sp³-hybridized carbons (Fsp3) is 0.368. The highest BCUT2D eigenvalue weighted by molar-refractivity contribution is 9.10. The zero-order valence-corrected chi connectivity index (χ0v) is 14.5. The van der Waals surface area contributed by atoms with Crippen LogP contribution in [-0.4, -0.2) is 10.7 Å². The number of hydrogen-bond donors (Lipinski definition) is 0. The normalized spacial score (nSPS) is 16.7. The molecule has 1 aromatic carbocycles. The van der Waals surface area contributed by atoms with Crippen LogP contribution in [-0.2, 0) is 0 Å². The molecule has 0 bridgehead atoms. The number of aromatic nitrogens is 1. The van der Waals surface area contributed by atoms with Crippen LogP contribution in [0.5, 0.6) is 0 Å². The minimum Gasteiger partial charge on any atom is -0.251 e. The lowest BCUT2D eigenvalue weighted by atomic mass is 9.83. The van der Waals surface area contributed by atoms with Gasteiger partial charge in [-0.15, -0.1) is 0 Å². The molecule has 0 atom stereocenters. The summed E-state index contributed by atoms with van der Waals surface area (Å²) < 4.78 is 0.847. The minimum atomic E-state index is 0.664. The van der Waals surface area contributed by atoms with E-state index < -0.39 is 0 Å². The molecule has 0 spiro atoms. The molecule has 0 unspecified atom stereocenters. The van der Waals surface area contributed by atoms with Gasteiger partial charge in [0.15, 0.2) is 0 Å². The third-order valence-electron chi connectivity index (χ3n) is 4.36. The zero-order valence-electron chi connectivity index (χ0n) is 12.9. The number of aliphatic imine (C=N–C) groups is 1. The SMILES string of the molecule is CC(=Nc1ccccc1C1CCCCC1)c1cccc(Br)n1. The predicted octanol–water partition coefficient (Wildman–Crippen LogP) is 6.03. The van der Waals surface area contributed by atoms with Crippen LogP contribution in [0.25, 0.3) is 0 Å². The molecule has 3 heteroatoms. The first-order valence-electron chi connectivity index (χ1n) is 8.01. The maximum atomic E-state index is 4.88. The van der Waals surface area contributed by atoms with Crippen LogP contribution in [0.15, 0.2) is 52.1 Å². The molecule has 1 aliphatic rings. The second-order valence-corrected chi connectivity index (χ2v) is 6.75. The molecular weight excluding hydrogens is 336 g/mol. The molecular formula is C19H21BrN2. The van der Waals surface area contributed by atoms with Crippen LogP contribution in [0, 0.1) is 0 Å². The molecule has 0 saturated heterocycles. The molecule has 22 heavy (non-hydrogen) atoms. The maximum Gasteiger partial charge on any atom is 0.106 e. The van der Waals surface area contributed by atoms with E-state index in [-0.39, 0.29) is 0 Å². The van der Waals surface area contributed by atoms with Crippen molar-refractivity contribution < 1.29 is 0 Å². The van der Waals surface area contributed by atoms with Crippen molar-refractivity contribution in [3.05, 3.63) is 58.3 Å². The van der Waals surface area contributed by atoms with Crippen molar-refractivity contribution in [3.63, 3.8) is 0 Å². The van der Waals surface area contributed by atoms with E-state index in [2.05, 4.69) is 45.2 Å². The number of hydrogen-bond acceptors (Lipinski definition) is 2. The Balaban J connectivity index is 1.92. The fourth-order valence-corrected chi connectivity index (χ4v) is 3.54. The third-order valence-corrected chi connectivity index (χ3v) is 4.80. The Morgan fingerprint density at radius 1 is 1.05 bits per heavy atom. The van der Waals surface area contributed by atoms with E-state index in [1.807, 2.05) is 25.1 Å². The van der Waals surface area contributed by atoms with Gasteiger partial charge in [-0.25, -0.2) is 4.98 Å². The first-order chi connectivity index (χ1) is 10.7. The second-order valence-electron chi connectivity index (χ2n) is 5.94. The zero-order chi connectivity index (χ0) is 15.4. The molecule has 2 aromatic rings. The van der Waals surface area contributed by atoms with Crippen molar-refractivity contribution in [2.45, 2.75) is 44.9 Å². The average molecular weight is 357 g/mol. The fourth-order valence-electron chi connectivity index (χ4n) is 3.20. The van der Waals surface area contributed by atoms with Crippen LogP contribution in [0.3, 0.4) is 0 Å². The lowest BCUT2D eigenvalue weighted by molar-refractivity contribution is 0.444. The van der Waals surface area contributed by atoms with E-state index in [0.717, 1.165) is 21.7 Å². The van der Waals surface area contributed by atoms with E-state index in [0.29, 0.717) is 5.92 Å². The van der Waals surface area contributed by atoms with Gasteiger partial charge in [0.2, 0.25) is 0 Å². The van der Waals surface area contributed by atoms with Gasteiger partial charge < -0.3 is 0 Å². The monoisotopic (exact) mass is 356 g/mol. The molecule has 0 radical (unpaired) electrons. The Labute approximate surface area is 140 Å². The quantitative estimate of drug-likeness (QED) is 0.486. The lowest BCUT2D eigenvalue weighted by Crippen LogP contribution is -2.05. The van der Waals surface area contributed by atoms with Crippen molar-refractivity contribution in [2.75, 3.05) is 0 Å². The average Bonchev–Trinajstić information content (AvgIpc) is 2.56. The molecule has 1 saturated carbocycles. The highest BCUT2D eigenvalue weighted by Gasteiger charge is 2.18. The molecule has 1 aromatic heterocycles. The smallest absolute Gasteiger partial charge is 0.106 e. The summed E-state index contributed by atoms with van der Waals surface area (Å²) in [5.74, 6) is 0.664. The summed E-state index contributed by atoms with van der Waals surface area (Å²) in [7, 11) is 0. The first kappa shape index (κ1) is 15.4. The summed E-state index contributed by atoms with van der Waals surface area (Å²) in [6, 6.07) is 14.5. The Hall–Kier alpha value is -1.48. The van der Waals surface area contributed by atoms with Gasteiger partial charge in [0.1, 0.15) is 4.60 Å². The molecule has 0 aliphatic heterocycles. The molecule has 1 aliphatic carbocycles. The summed E-state index contributed by atoms with van der Waals surface area (Å²) >= 11 is 3.43. The van der Waals surface area contributed by atoms with Gasteiger partial charge in [0.05, 0.1) is 17.1 Å². The summed E-state index contributed by atoms with van der Waals surface area (Å²) in [6.45, 7) is 2.03. The Kier molecular flexibility index (Phi) is 5.04. The van der Waals surface area contributed by atoms with Crippen LogP contribution >= 0.6 is 15.9 Å². The van der Waals surface area contributed by atoms with Gasteiger partial charge in [-0.05, 0) is 65.4 Å². The van der Waals surface area contributed by atoms with Gasteiger partial charge in [-0.3, -0.25) is 4.99 Å².